The molecule has 0 bridgehead atoms. The Morgan fingerprint density at radius 2 is 2.19 bits per heavy atom. The molecule has 1 saturated carbocycles. The summed E-state index contributed by atoms with van der Waals surface area (Å²) >= 11 is 0. The van der Waals surface area contributed by atoms with Crippen LogP contribution in [-0.2, 0) is 0 Å². The Balaban J connectivity index is 1.85. The molecule has 16 heavy (non-hydrogen) atoms. The van der Waals surface area contributed by atoms with Gasteiger partial charge in [0.15, 0.2) is 0 Å². The standard InChI is InChI=1S/C12H19N3O/c1-12(2)5-3-10(4-6-12)15-11(16)9-7-13-14-8-9/h7-8,10H,3-6H2,1-2H3,(H,13,14)(H,15,16). The molecule has 1 fully saturated rings. The highest BCUT2D eigenvalue weighted by molar-refractivity contribution is 5.93. The molecule has 0 radical (unpaired) electrons. The Hall–Kier alpha value is -1.32. The number of aromatic amines is 1. The van der Waals surface area contributed by atoms with Crippen molar-refractivity contribution in [3.63, 3.8) is 0 Å². The van der Waals surface area contributed by atoms with Crippen LogP contribution in [0.4, 0.5) is 0 Å². The van der Waals surface area contributed by atoms with Crippen LogP contribution in [0.1, 0.15) is 49.9 Å². The van der Waals surface area contributed by atoms with Crippen molar-refractivity contribution in [2.45, 2.75) is 45.6 Å². The van der Waals surface area contributed by atoms with Gasteiger partial charge in [0.25, 0.3) is 5.91 Å². The first kappa shape index (κ1) is 11.2. The summed E-state index contributed by atoms with van der Waals surface area (Å²) in [4.78, 5) is 11.8. The van der Waals surface area contributed by atoms with E-state index in [-0.39, 0.29) is 5.91 Å². The maximum absolute atomic E-state index is 11.8. The van der Waals surface area contributed by atoms with Gasteiger partial charge in [0.1, 0.15) is 0 Å². The Morgan fingerprint density at radius 1 is 1.50 bits per heavy atom. The molecule has 1 amide bonds. The first-order chi connectivity index (χ1) is 7.57. The van der Waals surface area contributed by atoms with Crippen molar-refractivity contribution in [1.29, 1.82) is 0 Å². The molecular formula is C12H19N3O. The fourth-order valence-corrected chi connectivity index (χ4v) is 2.19. The Labute approximate surface area is 95.8 Å². The largest absolute Gasteiger partial charge is 0.349 e. The number of aromatic nitrogens is 2. The number of amides is 1. The van der Waals surface area contributed by atoms with Crippen molar-refractivity contribution in [3.05, 3.63) is 18.0 Å². The second-order valence-electron chi connectivity index (χ2n) is 5.40. The lowest BCUT2D eigenvalue weighted by Crippen LogP contribution is -2.39. The predicted octanol–water partition coefficient (Wildman–Crippen LogP) is 2.11. The number of carbonyl (C=O) groups excluding carboxylic acids is 1. The van der Waals surface area contributed by atoms with Crippen LogP contribution in [0.15, 0.2) is 12.4 Å². The number of hydrogen-bond donors (Lipinski definition) is 2. The van der Waals surface area contributed by atoms with E-state index in [0.717, 1.165) is 12.8 Å². The minimum atomic E-state index is -0.0153. The van der Waals surface area contributed by atoms with Gasteiger partial charge in [-0.2, -0.15) is 5.10 Å². The van der Waals surface area contributed by atoms with Gasteiger partial charge in [-0.05, 0) is 31.1 Å². The minimum absolute atomic E-state index is 0.0153. The molecule has 0 atom stereocenters. The Bertz CT molecular complexity index is 346. The highest BCUT2D eigenvalue weighted by Crippen LogP contribution is 2.34. The molecule has 1 aliphatic carbocycles. The topological polar surface area (TPSA) is 57.8 Å². The lowest BCUT2D eigenvalue weighted by Gasteiger charge is -2.34. The van der Waals surface area contributed by atoms with Crippen molar-refractivity contribution in [2.24, 2.45) is 5.41 Å². The van der Waals surface area contributed by atoms with Crippen LogP contribution in [0.25, 0.3) is 0 Å². The third-order valence-electron chi connectivity index (χ3n) is 3.43. The van der Waals surface area contributed by atoms with Crippen molar-refractivity contribution in [2.75, 3.05) is 0 Å². The van der Waals surface area contributed by atoms with Crippen molar-refractivity contribution in [3.8, 4) is 0 Å². The van der Waals surface area contributed by atoms with E-state index >= 15 is 0 Å². The van der Waals surface area contributed by atoms with E-state index in [9.17, 15) is 4.79 Å². The highest BCUT2D eigenvalue weighted by atomic mass is 16.1. The van der Waals surface area contributed by atoms with E-state index < -0.39 is 0 Å². The van der Waals surface area contributed by atoms with Gasteiger partial charge in [-0.3, -0.25) is 9.89 Å². The van der Waals surface area contributed by atoms with Crippen molar-refractivity contribution in [1.82, 2.24) is 15.5 Å². The second kappa shape index (κ2) is 4.28. The average Bonchev–Trinajstić information content (AvgIpc) is 2.74. The lowest BCUT2D eigenvalue weighted by molar-refractivity contribution is 0.0909. The van der Waals surface area contributed by atoms with E-state index in [4.69, 9.17) is 0 Å². The van der Waals surface area contributed by atoms with Gasteiger partial charge in [0.05, 0.1) is 11.8 Å². The molecule has 1 heterocycles. The molecule has 1 aromatic rings. The maximum atomic E-state index is 11.8. The number of nitrogens with one attached hydrogen (secondary N) is 2. The van der Waals surface area contributed by atoms with Crippen molar-refractivity contribution >= 4 is 5.91 Å². The summed E-state index contributed by atoms with van der Waals surface area (Å²) in [6.45, 7) is 4.59. The number of nitrogens with zero attached hydrogens (tertiary/aromatic N) is 1. The summed E-state index contributed by atoms with van der Waals surface area (Å²) in [5, 5.41) is 9.48. The molecule has 0 aromatic carbocycles. The van der Waals surface area contributed by atoms with Crippen LogP contribution in [0, 0.1) is 5.41 Å². The van der Waals surface area contributed by atoms with Gasteiger partial charge in [0.2, 0.25) is 0 Å². The van der Waals surface area contributed by atoms with Gasteiger partial charge in [-0.1, -0.05) is 13.8 Å². The van der Waals surface area contributed by atoms with E-state index in [1.165, 1.54) is 12.8 Å². The number of carbonyl (C=O) groups is 1. The Morgan fingerprint density at radius 3 is 2.75 bits per heavy atom. The molecule has 4 nitrogen and oxygen atoms in total. The van der Waals surface area contributed by atoms with Gasteiger partial charge in [-0.15, -0.1) is 0 Å². The predicted molar refractivity (Wildman–Crippen MR) is 62.1 cm³/mol. The first-order valence-electron chi connectivity index (χ1n) is 5.86. The smallest absolute Gasteiger partial charge is 0.254 e. The lowest BCUT2D eigenvalue weighted by atomic mass is 9.75. The van der Waals surface area contributed by atoms with Crippen LogP contribution >= 0.6 is 0 Å². The third-order valence-corrected chi connectivity index (χ3v) is 3.43. The summed E-state index contributed by atoms with van der Waals surface area (Å²) in [5.74, 6) is -0.0153. The molecule has 2 rings (SSSR count). The van der Waals surface area contributed by atoms with Crippen LogP contribution in [0.3, 0.4) is 0 Å². The normalized spacial score (nSPS) is 20.6. The van der Waals surface area contributed by atoms with Crippen LogP contribution in [0.2, 0.25) is 0 Å². The first-order valence-corrected chi connectivity index (χ1v) is 5.86. The van der Waals surface area contributed by atoms with Gasteiger partial charge in [-0.25, -0.2) is 0 Å². The molecule has 1 aromatic heterocycles. The van der Waals surface area contributed by atoms with E-state index in [1.807, 2.05) is 0 Å². The van der Waals surface area contributed by atoms with Crippen LogP contribution in [-0.4, -0.2) is 22.1 Å². The third kappa shape index (κ3) is 2.62. The highest BCUT2D eigenvalue weighted by Gasteiger charge is 2.27. The summed E-state index contributed by atoms with van der Waals surface area (Å²) in [6, 6.07) is 0.329. The van der Waals surface area contributed by atoms with Gasteiger partial charge >= 0.3 is 0 Å². The molecule has 0 aliphatic heterocycles. The fraction of sp³-hybridized carbons (Fsp3) is 0.667. The van der Waals surface area contributed by atoms with Crippen LogP contribution < -0.4 is 5.32 Å². The summed E-state index contributed by atoms with van der Waals surface area (Å²) < 4.78 is 0. The quantitative estimate of drug-likeness (QED) is 0.803. The average molecular weight is 221 g/mol. The van der Waals surface area contributed by atoms with E-state index in [0.29, 0.717) is 17.0 Å². The van der Waals surface area contributed by atoms with E-state index in [1.54, 1.807) is 12.4 Å². The molecule has 0 unspecified atom stereocenters. The molecule has 2 N–H and O–H groups in total. The number of H-pyrrole nitrogens is 1. The molecule has 0 spiro atoms. The summed E-state index contributed by atoms with van der Waals surface area (Å²) in [6.07, 6.45) is 7.71. The zero-order valence-electron chi connectivity index (χ0n) is 9.92. The zero-order valence-corrected chi connectivity index (χ0v) is 9.92. The maximum Gasteiger partial charge on any atom is 0.254 e. The molecule has 0 saturated heterocycles. The van der Waals surface area contributed by atoms with Gasteiger partial charge < -0.3 is 5.32 Å². The number of hydrogen-bond acceptors (Lipinski definition) is 2. The minimum Gasteiger partial charge on any atom is -0.349 e. The van der Waals surface area contributed by atoms with Gasteiger partial charge in [0, 0.05) is 12.2 Å². The molecular weight excluding hydrogens is 202 g/mol. The molecule has 1 aliphatic rings. The summed E-state index contributed by atoms with van der Waals surface area (Å²) in [5.41, 5.74) is 1.06. The second-order valence-corrected chi connectivity index (χ2v) is 5.40. The zero-order chi connectivity index (χ0) is 11.6. The Kier molecular flexibility index (Phi) is 2.99. The SMILES string of the molecule is CC1(C)CCC(NC(=O)c2cn[nH]c2)CC1. The van der Waals surface area contributed by atoms with Crippen molar-refractivity contribution < 1.29 is 4.79 Å². The molecule has 88 valence electrons. The monoisotopic (exact) mass is 221 g/mol. The fourth-order valence-electron chi connectivity index (χ4n) is 2.19. The van der Waals surface area contributed by atoms with Crippen LogP contribution in [0.5, 0.6) is 0 Å². The van der Waals surface area contributed by atoms with E-state index in [2.05, 4.69) is 29.4 Å². The number of rotatable bonds is 2. The summed E-state index contributed by atoms with van der Waals surface area (Å²) in [7, 11) is 0. The molecule has 4 heteroatoms.